The molecule has 1 aliphatic carbocycles. The Hall–Kier alpha value is -3.79. The van der Waals surface area contributed by atoms with Crippen molar-refractivity contribution in [2.24, 2.45) is 4.99 Å². The molecule has 2 amide bonds. The predicted molar refractivity (Wildman–Crippen MR) is 164 cm³/mol. The number of anilines is 2. The molecule has 0 unspecified atom stereocenters. The highest BCUT2D eigenvalue weighted by molar-refractivity contribution is 6.30. The van der Waals surface area contributed by atoms with Gasteiger partial charge in [-0.3, -0.25) is 15.6 Å². The van der Waals surface area contributed by atoms with Gasteiger partial charge in [-0.1, -0.05) is 17.7 Å². The molecule has 226 valence electrons. The lowest BCUT2D eigenvalue weighted by Crippen LogP contribution is -2.47. The minimum Gasteiger partial charge on any atom is -0.444 e. The number of benzene rings is 2. The highest BCUT2D eigenvalue weighted by atomic mass is 35.5. The van der Waals surface area contributed by atoms with E-state index in [-0.39, 0.29) is 18.3 Å². The molecule has 11 heteroatoms. The molecular weight excluding hydrogens is 561 g/mol. The molecule has 1 aromatic heterocycles. The summed E-state index contributed by atoms with van der Waals surface area (Å²) in [5.41, 5.74) is 2.63. The van der Waals surface area contributed by atoms with Gasteiger partial charge in [0.15, 0.2) is 0 Å². The maximum atomic E-state index is 15.8. The Kier molecular flexibility index (Phi) is 9.35. The Labute approximate surface area is 250 Å². The van der Waals surface area contributed by atoms with Crippen LogP contribution in [0, 0.1) is 5.82 Å². The summed E-state index contributed by atoms with van der Waals surface area (Å²) in [4.78, 5) is 29.3. The standard InChI is InChI=1S/C31H39ClFN5O4/c1-30(2,3)41-28(39)36-27(37-29(40)42-31(4,5)6)34-14-15-38-25-13-8-7-12-22(25)23-17-21(18-24(33)26(23)38)35-20-11-9-10-19(32)16-20/h9-11,16-18,35H,7-8,12-15H2,1-6H3,(H2,34,36,37,39,40). The van der Waals surface area contributed by atoms with Crippen LogP contribution in [-0.4, -0.2) is 40.5 Å². The molecule has 3 N–H and O–H groups in total. The minimum atomic E-state index is -0.771. The van der Waals surface area contributed by atoms with Crippen LogP contribution in [0.4, 0.5) is 25.4 Å². The number of nitrogens with zero attached hydrogens (tertiary/aromatic N) is 2. The van der Waals surface area contributed by atoms with Gasteiger partial charge < -0.3 is 19.4 Å². The number of hydrogen-bond donors (Lipinski definition) is 3. The van der Waals surface area contributed by atoms with Crippen molar-refractivity contribution in [1.82, 2.24) is 15.2 Å². The van der Waals surface area contributed by atoms with Gasteiger partial charge in [0.05, 0.1) is 12.1 Å². The van der Waals surface area contributed by atoms with E-state index in [0.717, 1.165) is 48.0 Å². The van der Waals surface area contributed by atoms with Gasteiger partial charge in [-0.05, 0) is 103 Å². The number of rotatable bonds is 5. The van der Waals surface area contributed by atoms with Gasteiger partial charge in [0.2, 0.25) is 5.96 Å². The first-order valence-electron chi connectivity index (χ1n) is 14.1. The number of fused-ring (bicyclic) bond motifs is 3. The van der Waals surface area contributed by atoms with E-state index in [0.29, 0.717) is 22.8 Å². The quantitative estimate of drug-likeness (QED) is 0.208. The van der Waals surface area contributed by atoms with E-state index in [2.05, 4.69) is 20.9 Å². The van der Waals surface area contributed by atoms with E-state index in [1.165, 1.54) is 6.07 Å². The lowest BCUT2D eigenvalue weighted by atomic mass is 9.95. The molecule has 0 saturated heterocycles. The summed E-state index contributed by atoms with van der Waals surface area (Å²) in [6.45, 7) is 10.9. The first-order valence-corrected chi connectivity index (χ1v) is 14.5. The topological polar surface area (TPSA) is 106 Å². The van der Waals surface area contributed by atoms with Gasteiger partial charge in [0, 0.05) is 34.0 Å². The molecule has 1 heterocycles. The molecule has 0 spiro atoms. The summed E-state index contributed by atoms with van der Waals surface area (Å²) < 4.78 is 28.4. The van der Waals surface area contributed by atoms with Crippen molar-refractivity contribution in [3.05, 3.63) is 58.5 Å². The number of carbonyl (C=O) groups excluding carboxylic acids is 2. The summed E-state index contributed by atoms with van der Waals surface area (Å²) in [6, 6.07) is 10.7. The molecule has 2 aromatic carbocycles. The molecule has 0 saturated carbocycles. The zero-order valence-corrected chi connectivity index (χ0v) is 25.7. The Bertz CT molecular complexity index is 1470. The maximum Gasteiger partial charge on any atom is 0.414 e. The monoisotopic (exact) mass is 599 g/mol. The van der Waals surface area contributed by atoms with E-state index in [9.17, 15) is 9.59 Å². The summed E-state index contributed by atoms with van der Waals surface area (Å²) in [5.74, 6) is -0.466. The molecule has 0 atom stereocenters. The van der Waals surface area contributed by atoms with Gasteiger partial charge in [-0.25, -0.2) is 14.0 Å². The second kappa shape index (κ2) is 12.6. The molecular formula is C31H39ClFN5O4. The zero-order chi connectivity index (χ0) is 30.7. The van der Waals surface area contributed by atoms with Gasteiger partial charge >= 0.3 is 12.2 Å². The number of ether oxygens (including phenoxy) is 2. The number of alkyl carbamates (subject to hydrolysis) is 2. The third-order valence-electron chi connectivity index (χ3n) is 6.37. The van der Waals surface area contributed by atoms with Crippen LogP contribution in [-0.2, 0) is 28.9 Å². The first kappa shape index (κ1) is 31.2. The van der Waals surface area contributed by atoms with Crippen LogP contribution in [0.15, 0.2) is 41.4 Å². The van der Waals surface area contributed by atoms with Crippen LogP contribution in [0.5, 0.6) is 0 Å². The van der Waals surface area contributed by atoms with Crippen molar-refractivity contribution in [3.8, 4) is 0 Å². The fraction of sp³-hybridized carbons (Fsp3) is 0.452. The van der Waals surface area contributed by atoms with Crippen LogP contribution in [0.25, 0.3) is 10.9 Å². The highest BCUT2D eigenvalue weighted by Crippen LogP contribution is 2.36. The average molecular weight is 600 g/mol. The Morgan fingerprint density at radius 1 is 0.952 bits per heavy atom. The van der Waals surface area contributed by atoms with Crippen LogP contribution in [0.1, 0.15) is 65.6 Å². The first-order chi connectivity index (χ1) is 19.7. The molecule has 0 bridgehead atoms. The third kappa shape index (κ3) is 8.38. The van der Waals surface area contributed by atoms with Gasteiger partial charge in [-0.2, -0.15) is 0 Å². The Balaban J connectivity index is 1.61. The van der Waals surface area contributed by atoms with Crippen LogP contribution in [0.2, 0.25) is 5.02 Å². The van der Waals surface area contributed by atoms with Crippen molar-refractivity contribution in [1.29, 1.82) is 0 Å². The van der Waals surface area contributed by atoms with Crippen molar-refractivity contribution in [2.75, 3.05) is 11.9 Å². The largest absolute Gasteiger partial charge is 0.444 e. The summed E-state index contributed by atoms with van der Waals surface area (Å²) >= 11 is 6.13. The number of carbonyl (C=O) groups is 2. The van der Waals surface area contributed by atoms with E-state index in [1.807, 2.05) is 22.8 Å². The zero-order valence-electron chi connectivity index (χ0n) is 25.0. The van der Waals surface area contributed by atoms with Crippen molar-refractivity contribution in [3.63, 3.8) is 0 Å². The maximum absolute atomic E-state index is 15.8. The Morgan fingerprint density at radius 2 is 1.60 bits per heavy atom. The smallest absolute Gasteiger partial charge is 0.414 e. The van der Waals surface area contributed by atoms with Crippen molar-refractivity contribution >= 4 is 52.0 Å². The molecule has 42 heavy (non-hydrogen) atoms. The van der Waals surface area contributed by atoms with Crippen LogP contribution < -0.4 is 16.0 Å². The van der Waals surface area contributed by atoms with Crippen molar-refractivity contribution < 1.29 is 23.5 Å². The summed E-state index contributed by atoms with van der Waals surface area (Å²) in [7, 11) is 0. The summed E-state index contributed by atoms with van der Waals surface area (Å²) in [6.07, 6.45) is 2.17. The highest BCUT2D eigenvalue weighted by Gasteiger charge is 2.24. The number of aliphatic imine (C=N–C) groups is 1. The molecule has 0 aliphatic heterocycles. The molecule has 1 aliphatic rings. The van der Waals surface area contributed by atoms with Crippen molar-refractivity contribution in [2.45, 2.75) is 85.0 Å². The normalized spacial score (nSPS) is 13.2. The number of nitrogens with one attached hydrogen (secondary N) is 3. The SMILES string of the molecule is CC(C)(C)OC(=O)NC(=NCCn1c2c(c3cc(Nc4cccc(Cl)c4)cc(F)c31)CCCC2)NC(=O)OC(C)(C)C. The number of halogens is 2. The van der Waals surface area contributed by atoms with E-state index in [4.69, 9.17) is 21.1 Å². The average Bonchev–Trinajstić information content (AvgIpc) is 3.16. The molecule has 9 nitrogen and oxygen atoms in total. The van der Waals surface area contributed by atoms with Gasteiger partial charge in [-0.15, -0.1) is 0 Å². The van der Waals surface area contributed by atoms with E-state index >= 15 is 4.39 Å². The van der Waals surface area contributed by atoms with Gasteiger partial charge in [0.1, 0.15) is 17.0 Å². The molecule has 4 rings (SSSR count). The molecule has 3 aromatic rings. The van der Waals surface area contributed by atoms with E-state index < -0.39 is 23.4 Å². The molecule has 0 fully saturated rings. The second-order valence-electron chi connectivity index (χ2n) is 12.3. The summed E-state index contributed by atoms with van der Waals surface area (Å²) in [5, 5.41) is 9.69. The lowest BCUT2D eigenvalue weighted by molar-refractivity contribution is 0.0545. The molecule has 0 radical (unpaired) electrons. The fourth-order valence-electron chi connectivity index (χ4n) is 4.94. The van der Waals surface area contributed by atoms with Gasteiger partial charge in [0.25, 0.3) is 0 Å². The fourth-order valence-corrected chi connectivity index (χ4v) is 5.13. The number of aromatic nitrogens is 1. The number of aryl methyl sites for hydroxylation is 1. The number of guanidine groups is 1. The Morgan fingerprint density at radius 3 is 2.21 bits per heavy atom. The van der Waals surface area contributed by atoms with E-state index in [1.54, 1.807) is 53.7 Å². The van der Waals surface area contributed by atoms with Crippen LogP contribution in [0.3, 0.4) is 0 Å². The second-order valence-corrected chi connectivity index (χ2v) is 12.7. The lowest BCUT2D eigenvalue weighted by Gasteiger charge is -2.22. The minimum absolute atomic E-state index is 0.114. The number of hydrogen-bond acceptors (Lipinski definition) is 6. The van der Waals surface area contributed by atoms with Crippen LogP contribution >= 0.6 is 11.6 Å². The predicted octanol–water partition coefficient (Wildman–Crippen LogP) is 7.46. The third-order valence-corrected chi connectivity index (χ3v) is 6.60. The number of amides is 2.